The third-order valence-corrected chi connectivity index (χ3v) is 8.97. The number of aliphatic hydroxyl groups is 1. The van der Waals surface area contributed by atoms with E-state index in [4.69, 9.17) is 0 Å². The molecule has 0 saturated heterocycles. The van der Waals surface area contributed by atoms with E-state index in [0.717, 1.165) is 17.4 Å². The quantitative estimate of drug-likeness (QED) is 0.230. The van der Waals surface area contributed by atoms with Crippen molar-refractivity contribution in [2.45, 2.75) is 32.8 Å². The van der Waals surface area contributed by atoms with Gasteiger partial charge < -0.3 is 15.1 Å². The van der Waals surface area contributed by atoms with Gasteiger partial charge in [0.2, 0.25) is 5.91 Å². The number of nitrogens with zero attached hydrogens (tertiary/aromatic N) is 1. The Morgan fingerprint density at radius 3 is 2.20 bits per heavy atom. The van der Waals surface area contributed by atoms with E-state index in [9.17, 15) is 24.6 Å². The lowest BCUT2D eigenvalue weighted by atomic mass is 9.54. The molecule has 40 heavy (non-hydrogen) atoms. The van der Waals surface area contributed by atoms with Crippen LogP contribution in [0.3, 0.4) is 0 Å². The molecule has 6 heteroatoms. The van der Waals surface area contributed by atoms with Crippen LogP contribution in [0.15, 0.2) is 91.0 Å². The van der Waals surface area contributed by atoms with Gasteiger partial charge in [-0.3, -0.25) is 9.59 Å². The number of carboxylic acids is 1. The molecule has 0 heterocycles. The van der Waals surface area contributed by atoms with E-state index in [1.54, 1.807) is 26.1 Å². The molecule has 4 unspecified atom stereocenters. The van der Waals surface area contributed by atoms with E-state index < -0.39 is 34.6 Å². The summed E-state index contributed by atoms with van der Waals surface area (Å²) in [4.78, 5) is 42.4. The van der Waals surface area contributed by atoms with Crippen molar-refractivity contribution in [3.05, 3.63) is 113 Å². The summed E-state index contributed by atoms with van der Waals surface area (Å²) in [6, 6.07) is 26.3. The molecule has 204 valence electrons. The van der Waals surface area contributed by atoms with E-state index >= 15 is 0 Å². The van der Waals surface area contributed by atoms with Crippen LogP contribution in [0.1, 0.15) is 52.6 Å². The van der Waals surface area contributed by atoms with Gasteiger partial charge in [0.15, 0.2) is 5.78 Å². The molecule has 0 fully saturated rings. The van der Waals surface area contributed by atoms with Gasteiger partial charge in [-0.05, 0) is 71.3 Å². The lowest BCUT2D eigenvalue weighted by Gasteiger charge is -2.52. The number of carbonyl (C=O) groups is 3. The SMILES string of the molecule is CC1Cc2ccccc2C(O)(C(C)(C(=O)c2cccc3ccccc23)C(=O)N(C)c2ccc(C(=O)O)cc2)C1C. The maximum atomic E-state index is 14.9. The van der Waals surface area contributed by atoms with Crippen LogP contribution in [0.2, 0.25) is 0 Å². The minimum absolute atomic E-state index is 0.00695. The Bertz CT molecular complexity index is 1620. The monoisotopic (exact) mass is 535 g/mol. The van der Waals surface area contributed by atoms with Gasteiger partial charge in [-0.1, -0.05) is 80.6 Å². The molecular formula is C34H33NO5. The zero-order valence-electron chi connectivity index (χ0n) is 23.1. The Balaban J connectivity index is 1.75. The Kier molecular flexibility index (Phi) is 6.84. The lowest BCUT2D eigenvalue weighted by molar-refractivity contribution is -0.155. The molecule has 0 aromatic heterocycles. The summed E-state index contributed by atoms with van der Waals surface area (Å²) in [5.74, 6) is -2.56. The van der Waals surface area contributed by atoms with Gasteiger partial charge in [0.1, 0.15) is 11.0 Å². The number of aromatic carboxylic acids is 1. The van der Waals surface area contributed by atoms with Gasteiger partial charge in [0, 0.05) is 18.3 Å². The molecule has 4 aromatic rings. The molecule has 0 bridgehead atoms. The highest BCUT2D eigenvalue weighted by molar-refractivity contribution is 6.22. The van der Waals surface area contributed by atoms with Crippen molar-refractivity contribution in [2.24, 2.45) is 17.3 Å². The number of rotatable bonds is 6. The molecule has 0 aliphatic heterocycles. The van der Waals surface area contributed by atoms with Crippen molar-refractivity contribution < 1.29 is 24.6 Å². The highest BCUT2D eigenvalue weighted by atomic mass is 16.4. The first-order valence-electron chi connectivity index (χ1n) is 13.5. The summed E-state index contributed by atoms with van der Waals surface area (Å²) >= 11 is 0. The standard InChI is InChI=1S/C34H33NO5/c1-21-20-25-11-6-8-15-29(25)34(40,22(21)2)33(3,30(36)28-14-9-12-23-10-5-7-13-27(23)28)32(39)35(4)26-18-16-24(17-19-26)31(37)38/h5-19,21-22,40H,20H2,1-4H3,(H,37,38). The summed E-state index contributed by atoms with van der Waals surface area (Å²) in [5, 5.41) is 23.8. The summed E-state index contributed by atoms with van der Waals surface area (Å²) in [7, 11) is 1.55. The number of hydrogen-bond donors (Lipinski definition) is 2. The average molecular weight is 536 g/mol. The molecule has 2 N–H and O–H groups in total. The zero-order valence-corrected chi connectivity index (χ0v) is 23.1. The van der Waals surface area contributed by atoms with Crippen molar-refractivity contribution >= 4 is 34.1 Å². The maximum absolute atomic E-state index is 14.9. The highest BCUT2D eigenvalue weighted by Crippen LogP contribution is 2.55. The van der Waals surface area contributed by atoms with Gasteiger partial charge in [-0.15, -0.1) is 0 Å². The van der Waals surface area contributed by atoms with Crippen LogP contribution >= 0.6 is 0 Å². The lowest BCUT2D eigenvalue weighted by Crippen LogP contribution is -2.63. The van der Waals surface area contributed by atoms with Crippen LogP contribution in [0, 0.1) is 17.3 Å². The number of carbonyl (C=O) groups excluding carboxylic acids is 2. The van der Waals surface area contributed by atoms with Crippen molar-refractivity contribution in [3.63, 3.8) is 0 Å². The Morgan fingerprint density at radius 1 is 0.875 bits per heavy atom. The molecule has 4 aromatic carbocycles. The molecule has 5 rings (SSSR count). The van der Waals surface area contributed by atoms with E-state index in [2.05, 4.69) is 0 Å². The second-order valence-corrected chi connectivity index (χ2v) is 11.1. The van der Waals surface area contributed by atoms with Crippen molar-refractivity contribution in [3.8, 4) is 0 Å². The summed E-state index contributed by atoms with van der Waals surface area (Å²) < 4.78 is 0. The molecule has 1 amide bonds. The number of ketones is 1. The van der Waals surface area contributed by atoms with E-state index in [1.165, 1.54) is 29.2 Å². The van der Waals surface area contributed by atoms with E-state index in [0.29, 0.717) is 22.2 Å². The first-order valence-corrected chi connectivity index (χ1v) is 13.5. The van der Waals surface area contributed by atoms with Crippen LogP contribution in [-0.4, -0.2) is 34.9 Å². The largest absolute Gasteiger partial charge is 0.478 e. The Morgan fingerprint density at radius 2 is 1.50 bits per heavy atom. The molecule has 6 nitrogen and oxygen atoms in total. The molecule has 1 aliphatic rings. The third kappa shape index (κ3) is 4.02. The minimum Gasteiger partial charge on any atom is -0.478 e. The number of hydrogen-bond acceptors (Lipinski definition) is 4. The predicted octanol–water partition coefficient (Wildman–Crippen LogP) is 6.11. The fourth-order valence-corrected chi connectivity index (χ4v) is 6.38. The van der Waals surface area contributed by atoms with Crippen LogP contribution in [0.25, 0.3) is 10.8 Å². The summed E-state index contributed by atoms with van der Waals surface area (Å²) in [6.07, 6.45) is 0.721. The minimum atomic E-state index is -1.93. The third-order valence-electron chi connectivity index (χ3n) is 8.97. The van der Waals surface area contributed by atoms with Crippen LogP contribution in [0.5, 0.6) is 0 Å². The Hall–Kier alpha value is -4.29. The first kappa shape index (κ1) is 27.3. The number of carboxylic acid groups (broad SMARTS) is 1. The Labute approximate surface area is 233 Å². The van der Waals surface area contributed by atoms with Gasteiger partial charge in [-0.25, -0.2) is 4.79 Å². The van der Waals surface area contributed by atoms with Crippen LogP contribution < -0.4 is 4.90 Å². The summed E-state index contributed by atoms with van der Waals surface area (Å²) in [6.45, 7) is 5.50. The number of fused-ring (bicyclic) bond motifs is 2. The van der Waals surface area contributed by atoms with Crippen LogP contribution in [-0.2, 0) is 16.8 Å². The van der Waals surface area contributed by atoms with Crippen LogP contribution in [0.4, 0.5) is 5.69 Å². The molecular weight excluding hydrogens is 502 g/mol. The highest BCUT2D eigenvalue weighted by Gasteiger charge is 2.64. The van der Waals surface area contributed by atoms with Gasteiger partial charge in [0.05, 0.1) is 5.56 Å². The number of anilines is 1. The van der Waals surface area contributed by atoms with Crippen molar-refractivity contribution in [1.29, 1.82) is 0 Å². The molecule has 0 spiro atoms. The molecule has 1 aliphatic carbocycles. The van der Waals surface area contributed by atoms with Gasteiger partial charge in [-0.2, -0.15) is 0 Å². The van der Waals surface area contributed by atoms with Crippen molar-refractivity contribution in [2.75, 3.05) is 11.9 Å². The van der Waals surface area contributed by atoms with Crippen molar-refractivity contribution in [1.82, 2.24) is 0 Å². The normalized spacial score (nSPS) is 21.7. The smallest absolute Gasteiger partial charge is 0.335 e. The van der Waals surface area contributed by atoms with Gasteiger partial charge >= 0.3 is 5.97 Å². The van der Waals surface area contributed by atoms with Gasteiger partial charge in [0.25, 0.3) is 0 Å². The molecule has 4 atom stereocenters. The fraction of sp³-hybridized carbons (Fsp3) is 0.265. The zero-order chi connectivity index (χ0) is 28.8. The first-order chi connectivity index (χ1) is 19.0. The topological polar surface area (TPSA) is 94.9 Å². The second-order valence-electron chi connectivity index (χ2n) is 11.1. The molecule has 0 saturated carbocycles. The average Bonchev–Trinajstić information content (AvgIpc) is 2.98. The maximum Gasteiger partial charge on any atom is 0.335 e. The number of Topliss-reactive ketones (excluding diaryl/α,β-unsaturated/α-hetero) is 1. The molecule has 0 radical (unpaired) electrons. The van der Waals surface area contributed by atoms with E-state index in [1.807, 2.05) is 68.4 Å². The predicted molar refractivity (Wildman–Crippen MR) is 156 cm³/mol. The summed E-state index contributed by atoms with van der Waals surface area (Å²) in [5.41, 5.74) is -1.40. The fourth-order valence-electron chi connectivity index (χ4n) is 6.38. The van der Waals surface area contributed by atoms with E-state index in [-0.39, 0.29) is 11.5 Å². The second kappa shape index (κ2) is 10.0. The number of amides is 1. The number of benzene rings is 4.